The van der Waals surface area contributed by atoms with Crippen molar-refractivity contribution in [2.24, 2.45) is 0 Å². The summed E-state index contributed by atoms with van der Waals surface area (Å²) in [7, 11) is 1.50. The van der Waals surface area contributed by atoms with Gasteiger partial charge in [0, 0.05) is 6.42 Å². The van der Waals surface area contributed by atoms with E-state index in [9.17, 15) is 4.79 Å². The van der Waals surface area contributed by atoms with E-state index in [-0.39, 0.29) is 21.7 Å². The molecule has 0 saturated carbocycles. The van der Waals surface area contributed by atoms with Crippen LogP contribution >= 0.6 is 0 Å². The third-order valence-electron chi connectivity index (χ3n) is 4.22. The molecule has 0 bridgehead atoms. The maximum atomic E-state index is 9.60. The van der Waals surface area contributed by atoms with Crippen LogP contribution in [-0.4, -0.2) is 25.3 Å². The first-order valence-corrected chi connectivity index (χ1v) is 8.52. The van der Waals surface area contributed by atoms with Gasteiger partial charge in [-0.1, -0.05) is 31.8 Å². The molecule has 0 saturated heterocycles. The fraction of sp³-hybridized carbons (Fsp3) is 0.684. The van der Waals surface area contributed by atoms with Gasteiger partial charge in [0.25, 0.3) is 0 Å². The van der Waals surface area contributed by atoms with Gasteiger partial charge < -0.3 is 15.3 Å². The van der Waals surface area contributed by atoms with Crippen molar-refractivity contribution >= 4 is 5.97 Å². The number of rotatable bonds is 2. The SMILES string of the molecule is CCCC(=O)O.C[O-].C[O-].[CH-]1CCCC2=C1CC1=C2CCCC1.[Ti+3]. The number of hydrogen-bond acceptors (Lipinski definition) is 3. The Morgan fingerprint density at radius 3 is 2.17 bits per heavy atom. The van der Waals surface area contributed by atoms with Crippen LogP contribution in [0, 0.1) is 6.42 Å². The van der Waals surface area contributed by atoms with Gasteiger partial charge in [0.1, 0.15) is 0 Å². The molecule has 0 heterocycles. The number of fused-ring (bicyclic) bond motifs is 1. The zero-order valence-corrected chi connectivity index (χ0v) is 16.9. The number of carbonyl (C=O) groups is 1. The minimum Gasteiger partial charge on any atom is -0.857 e. The largest absolute Gasteiger partial charge is 3.00 e. The predicted octanol–water partition coefficient (Wildman–Crippen LogP) is 2.77. The first-order valence-electron chi connectivity index (χ1n) is 8.52. The Morgan fingerprint density at radius 2 is 1.62 bits per heavy atom. The summed E-state index contributed by atoms with van der Waals surface area (Å²) in [5.41, 5.74) is 7.06. The zero-order chi connectivity index (χ0) is 17.7. The molecule has 4 nitrogen and oxygen atoms in total. The van der Waals surface area contributed by atoms with Crippen LogP contribution in [0.15, 0.2) is 22.3 Å². The molecule has 24 heavy (non-hydrogen) atoms. The van der Waals surface area contributed by atoms with Gasteiger partial charge in [-0.2, -0.15) is 19.8 Å². The van der Waals surface area contributed by atoms with E-state index in [4.69, 9.17) is 15.3 Å². The van der Waals surface area contributed by atoms with Gasteiger partial charge in [-0.25, -0.2) is 12.0 Å². The second-order valence-electron chi connectivity index (χ2n) is 5.71. The maximum Gasteiger partial charge on any atom is 3.00 e. The van der Waals surface area contributed by atoms with Crippen molar-refractivity contribution in [2.75, 3.05) is 14.2 Å². The summed E-state index contributed by atoms with van der Waals surface area (Å²) in [5.74, 6) is -0.711. The number of carboxylic acid groups (broad SMARTS) is 1. The summed E-state index contributed by atoms with van der Waals surface area (Å²) < 4.78 is 0. The Kier molecular flexibility index (Phi) is 17.1. The molecule has 1 radical (unpaired) electrons. The smallest absolute Gasteiger partial charge is 0.857 e. The molecule has 0 aliphatic heterocycles. The van der Waals surface area contributed by atoms with Crippen LogP contribution in [0.1, 0.15) is 71.1 Å². The molecule has 0 fully saturated rings. The monoisotopic (exact) mass is 371 g/mol. The normalized spacial score (nSPS) is 17.2. The van der Waals surface area contributed by atoms with E-state index in [2.05, 4.69) is 6.42 Å². The van der Waals surface area contributed by atoms with Crippen LogP contribution in [0.5, 0.6) is 0 Å². The molecular weight excluding hydrogens is 340 g/mol. The molecule has 0 spiro atoms. The topological polar surface area (TPSA) is 83.4 Å². The first-order chi connectivity index (χ1) is 11.2. The zero-order valence-electron chi connectivity index (χ0n) is 15.3. The summed E-state index contributed by atoms with van der Waals surface area (Å²) in [6, 6.07) is 0. The van der Waals surface area contributed by atoms with Gasteiger partial charge >= 0.3 is 27.7 Å². The second kappa shape index (κ2) is 16.0. The van der Waals surface area contributed by atoms with Crippen LogP contribution in [0.4, 0.5) is 0 Å². The van der Waals surface area contributed by atoms with Crippen molar-refractivity contribution in [2.45, 2.75) is 71.1 Å². The Balaban J connectivity index is 0. The molecule has 0 unspecified atom stereocenters. The molecule has 3 aliphatic rings. The second-order valence-corrected chi connectivity index (χ2v) is 5.71. The molecule has 135 valence electrons. The van der Waals surface area contributed by atoms with Crippen LogP contribution in [0.25, 0.3) is 0 Å². The molecular formula is C19H31O4Ti. The molecule has 0 amide bonds. The third kappa shape index (κ3) is 8.52. The van der Waals surface area contributed by atoms with E-state index >= 15 is 0 Å². The molecule has 0 aromatic heterocycles. The number of hydrogen-bond donors (Lipinski definition) is 1. The molecule has 0 aromatic carbocycles. The van der Waals surface area contributed by atoms with Crippen molar-refractivity contribution in [1.29, 1.82) is 0 Å². The van der Waals surface area contributed by atoms with Crippen LogP contribution in [0.2, 0.25) is 0 Å². The van der Waals surface area contributed by atoms with Gasteiger partial charge in [-0.15, -0.1) is 12.0 Å². The fourth-order valence-corrected chi connectivity index (χ4v) is 3.33. The molecule has 1 N–H and O–H groups in total. The Morgan fingerprint density at radius 1 is 1.04 bits per heavy atom. The van der Waals surface area contributed by atoms with Crippen LogP contribution in [-0.2, 0) is 26.5 Å². The van der Waals surface area contributed by atoms with Crippen molar-refractivity contribution in [3.63, 3.8) is 0 Å². The van der Waals surface area contributed by atoms with E-state index in [0.717, 1.165) is 20.6 Å². The van der Waals surface area contributed by atoms with Gasteiger partial charge in [0.15, 0.2) is 0 Å². The van der Waals surface area contributed by atoms with Gasteiger partial charge in [0.2, 0.25) is 0 Å². The van der Waals surface area contributed by atoms with E-state index < -0.39 is 5.97 Å². The van der Waals surface area contributed by atoms with Gasteiger partial charge in [0.05, 0.1) is 0 Å². The van der Waals surface area contributed by atoms with E-state index in [0.29, 0.717) is 6.42 Å². The average molecular weight is 371 g/mol. The Labute approximate surface area is 161 Å². The Bertz CT molecular complexity index is 384. The van der Waals surface area contributed by atoms with Crippen LogP contribution in [0.3, 0.4) is 0 Å². The molecule has 3 aliphatic carbocycles. The van der Waals surface area contributed by atoms with Gasteiger partial charge in [-0.3, -0.25) is 4.79 Å². The minimum absolute atomic E-state index is 0. The maximum absolute atomic E-state index is 9.60. The summed E-state index contributed by atoms with van der Waals surface area (Å²) in [6.07, 6.45) is 14.6. The van der Waals surface area contributed by atoms with E-state index in [1.807, 2.05) is 6.92 Å². The van der Waals surface area contributed by atoms with Crippen molar-refractivity contribution in [3.8, 4) is 0 Å². The minimum atomic E-state index is -0.711. The molecule has 3 rings (SSSR count). The van der Waals surface area contributed by atoms with Crippen LogP contribution < -0.4 is 10.2 Å². The van der Waals surface area contributed by atoms with Crippen molar-refractivity contribution in [3.05, 3.63) is 28.7 Å². The third-order valence-corrected chi connectivity index (χ3v) is 4.22. The summed E-state index contributed by atoms with van der Waals surface area (Å²) in [6.45, 7) is 1.84. The summed E-state index contributed by atoms with van der Waals surface area (Å²) in [4.78, 5) is 9.60. The number of allylic oxidation sites excluding steroid dienone is 4. The van der Waals surface area contributed by atoms with Gasteiger partial charge in [-0.05, 0) is 32.1 Å². The number of aliphatic carboxylic acids is 1. The molecule has 5 heteroatoms. The average Bonchev–Trinajstić information content (AvgIpc) is 2.98. The predicted molar refractivity (Wildman–Crippen MR) is 89.7 cm³/mol. The summed E-state index contributed by atoms with van der Waals surface area (Å²) in [5, 5.41) is 24.4. The standard InChI is InChI=1S/C13H17.C4H8O2.2CH3O.Ti/c1-3-7-12-10(5-1)9-11-6-2-4-8-13(11)12;1-2-3-4(5)6;2*1-2;/h5H,1-4,6-9H2;2-3H2,1H3,(H,5,6);2*1H3;/q-1;;2*-1;+3. The number of carboxylic acids is 1. The molecule has 0 aromatic rings. The van der Waals surface area contributed by atoms with E-state index in [1.54, 1.807) is 22.3 Å². The Hall–Kier alpha value is -0.546. The van der Waals surface area contributed by atoms with Crippen molar-refractivity contribution < 1.29 is 41.8 Å². The fourth-order valence-electron chi connectivity index (χ4n) is 3.33. The first kappa shape index (κ1) is 25.7. The quantitative estimate of drug-likeness (QED) is 0.598. The van der Waals surface area contributed by atoms with E-state index in [1.165, 1.54) is 51.4 Å². The summed E-state index contributed by atoms with van der Waals surface area (Å²) >= 11 is 0. The van der Waals surface area contributed by atoms with Crippen molar-refractivity contribution in [1.82, 2.24) is 0 Å². The molecule has 0 atom stereocenters.